The first-order valence-electron chi connectivity index (χ1n) is 5.76. The average Bonchev–Trinajstić information content (AvgIpc) is 2.77. The van der Waals surface area contributed by atoms with Gasteiger partial charge in [0.15, 0.2) is 0 Å². The van der Waals surface area contributed by atoms with E-state index in [0.717, 1.165) is 6.42 Å². The van der Waals surface area contributed by atoms with E-state index in [2.05, 4.69) is 0 Å². The molecule has 1 atom stereocenters. The third-order valence-electron chi connectivity index (χ3n) is 3.24. The van der Waals surface area contributed by atoms with Crippen molar-refractivity contribution in [1.29, 1.82) is 0 Å². The maximum atomic E-state index is 11.4. The number of hydrogen-bond acceptors (Lipinski definition) is 4. The van der Waals surface area contributed by atoms with E-state index in [-0.39, 0.29) is 17.5 Å². The smallest absolute Gasteiger partial charge is 0.250 e. The lowest BCUT2D eigenvalue weighted by Gasteiger charge is -2.26. The lowest BCUT2D eigenvalue weighted by Crippen LogP contribution is -2.40. The summed E-state index contributed by atoms with van der Waals surface area (Å²) in [7, 11) is 0. The van der Waals surface area contributed by atoms with Crippen LogP contribution in [0.3, 0.4) is 0 Å². The van der Waals surface area contributed by atoms with Crippen molar-refractivity contribution < 1.29 is 9.59 Å². The van der Waals surface area contributed by atoms with Crippen molar-refractivity contribution >= 4 is 23.2 Å². The molecule has 6 heteroatoms. The largest absolute Gasteiger partial charge is 0.396 e. The number of para-hydroxylation sites is 1. The van der Waals surface area contributed by atoms with Gasteiger partial charge in [-0.2, -0.15) is 0 Å². The second-order valence-electron chi connectivity index (χ2n) is 4.36. The summed E-state index contributed by atoms with van der Waals surface area (Å²) in [5, 5.41) is 0. The number of nitrogen functional groups attached to an aromatic ring is 1. The molecule has 0 aliphatic carbocycles. The fourth-order valence-electron chi connectivity index (χ4n) is 2.37. The number of nitrogens with zero attached hydrogens (tertiary/aromatic N) is 1. The zero-order chi connectivity index (χ0) is 13.3. The Balaban J connectivity index is 2.42. The Kier molecular flexibility index (Phi) is 3.10. The van der Waals surface area contributed by atoms with E-state index < -0.39 is 5.91 Å². The monoisotopic (exact) mass is 248 g/mol. The summed E-state index contributed by atoms with van der Waals surface area (Å²) in [5.41, 5.74) is 17.8. The van der Waals surface area contributed by atoms with Gasteiger partial charge >= 0.3 is 0 Å². The SMILES string of the molecule is NC(=O)c1cccc(N2CCCC2C(N)=O)c1N. The highest BCUT2D eigenvalue weighted by molar-refractivity contribution is 6.01. The minimum absolute atomic E-state index is 0.266. The van der Waals surface area contributed by atoms with E-state index in [9.17, 15) is 9.59 Å². The first kappa shape index (κ1) is 12.2. The standard InChI is InChI=1S/C12H16N4O2/c13-10-7(11(14)17)3-1-4-8(10)16-6-2-5-9(16)12(15)18/h1,3-4,9H,2,5-6,13H2,(H2,14,17)(H2,15,18). The van der Waals surface area contributed by atoms with Gasteiger partial charge in [-0.1, -0.05) is 6.07 Å². The maximum absolute atomic E-state index is 11.4. The summed E-state index contributed by atoms with van der Waals surface area (Å²) in [6.07, 6.45) is 1.57. The Morgan fingerprint density at radius 3 is 2.61 bits per heavy atom. The molecule has 1 aliphatic heterocycles. The van der Waals surface area contributed by atoms with Gasteiger partial charge in [0.1, 0.15) is 6.04 Å². The summed E-state index contributed by atoms with van der Waals surface area (Å²) in [6, 6.07) is 4.66. The van der Waals surface area contributed by atoms with Gasteiger partial charge in [-0.05, 0) is 25.0 Å². The molecule has 96 valence electrons. The van der Waals surface area contributed by atoms with Crippen molar-refractivity contribution in [2.75, 3.05) is 17.2 Å². The molecule has 2 rings (SSSR count). The number of hydrogen-bond donors (Lipinski definition) is 3. The van der Waals surface area contributed by atoms with Gasteiger partial charge in [0.25, 0.3) is 5.91 Å². The predicted octanol–water partition coefficient (Wildman–Crippen LogP) is -0.178. The van der Waals surface area contributed by atoms with Crippen LogP contribution in [0.15, 0.2) is 18.2 Å². The Morgan fingerprint density at radius 1 is 1.28 bits per heavy atom. The van der Waals surface area contributed by atoms with Gasteiger partial charge in [-0.25, -0.2) is 0 Å². The molecule has 6 nitrogen and oxygen atoms in total. The Bertz CT molecular complexity index is 501. The molecule has 1 aromatic rings. The van der Waals surface area contributed by atoms with Crippen LogP contribution in [-0.4, -0.2) is 24.4 Å². The van der Waals surface area contributed by atoms with Crippen molar-refractivity contribution in [2.45, 2.75) is 18.9 Å². The zero-order valence-electron chi connectivity index (χ0n) is 9.93. The van der Waals surface area contributed by atoms with Crippen molar-refractivity contribution in [3.8, 4) is 0 Å². The van der Waals surface area contributed by atoms with Gasteiger partial charge in [0.2, 0.25) is 5.91 Å². The van der Waals surface area contributed by atoms with Crippen LogP contribution >= 0.6 is 0 Å². The van der Waals surface area contributed by atoms with E-state index in [4.69, 9.17) is 17.2 Å². The predicted molar refractivity (Wildman–Crippen MR) is 68.9 cm³/mol. The van der Waals surface area contributed by atoms with Crippen molar-refractivity contribution in [2.24, 2.45) is 11.5 Å². The second-order valence-corrected chi connectivity index (χ2v) is 4.36. The first-order valence-corrected chi connectivity index (χ1v) is 5.76. The molecule has 6 N–H and O–H groups in total. The minimum Gasteiger partial charge on any atom is -0.396 e. The number of nitrogens with two attached hydrogens (primary N) is 3. The molecule has 0 aromatic heterocycles. The van der Waals surface area contributed by atoms with Crippen LogP contribution in [0.5, 0.6) is 0 Å². The van der Waals surface area contributed by atoms with E-state index in [0.29, 0.717) is 24.3 Å². The number of primary amides is 2. The fourth-order valence-corrected chi connectivity index (χ4v) is 2.37. The fraction of sp³-hybridized carbons (Fsp3) is 0.333. The molecule has 1 aromatic carbocycles. The molecule has 1 aliphatic rings. The number of anilines is 2. The summed E-state index contributed by atoms with van der Waals surface area (Å²) in [6.45, 7) is 0.694. The molecule has 1 fully saturated rings. The molecule has 1 unspecified atom stereocenters. The van der Waals surface area contributed by atoms with E-state index in [1.54, 1.807) is 18.2 Å². The number of carbonyl (C=O) groups is 2. The third kappa shape index (κ3) is 1.97. The highest BCUT2D eigenvalue weighted by atomic mass is 16.1. The average molecular weight is 248 g/mol. The Morgan fingerprint density at radius 2 is 2.00 bits per heavy atom. The van der Waals surface area contributed by atoms with E-state index >= 15 is 0 Å². The van der Waals surface area contributed by atoms with Gasteiger partial charge in [0.05, 0.1) is 16.9 Å². The lowest BCUT2D eigenvalue weighted by atomic mass is 10.1. The zero-order valence-corrected chi connectivity index (χ0v) is 9.93. The molecule has 0 radical (unpaired) electrons. The summed E-state index contributed by atoms with van der Waals surface area (Å²) < 4.78 is 0. The lowest BCUT2D eigenvalue weighted by molar-refractivity contribution is -0.119. The van der Waals surface area contributed by atoms with Crippen molar-refractivity contribution in [1.82, 2.24) is 0 Å². The first-order chi connectivity index (χ1) is 8.52. The normalized spacial score (nSPS) is 18.9. The highest BCUT2D eigenvalue weighted by Crippen LogP contribution is 2.32. The molecule has 0 bridgehead atoms. The van der Waals surface area contributed by atoms with Gasteiger partial charge in [-0.15, -0.1) is 0 Å². The number of benzene rings is 1. The van der Waals surface area contributed by atoms with Gasteiger partial charge in [-0.3, -0.25) is 9.59 Å². The molecule has 0 spiro atoms. The number of amides is 2. The minimum atomic E-state index is -0.579. The molecular formula is C12H16N4O2. The van der Waals surface area contributed by atoms with E-state index in [1.165, 1.54) is 0 Å². The van der Waals surface area contributed by atoms with E-state index in [1.807, 2.05) is 4.90 Å². The molecule has 2 amide bonds. The van der Waals surface area contributed by atoms with Crippen LogP contribution in [0.2, 0.25) is 0 Å². The molecule has 1 saturated heterocycles. The quantitative estimate of drug-likeness (QED) is 0.643. The number of rotatable bonds is 3. The maximum Gasteiger partial charge on any atom is 0.250 e. The number of carbonyl (C=O) groups excluding carboxylic acids is 2. The van der Waals surface area contributed by atoms with Crippen LogP contribution < -0.4 is 22.1 Å². The second kappa shape index (κ2) is 4.56. The highest BCUT2D eigenvalue weighted by Gasteiger charge is 2.30. The Labute approximate surface area is 105 Å². The van der Waals surface area contributed by atoms with Crippen molar-refractivity contribution in [3.63, 3.8) is 0 Å². The summed E-state index contributed by atoms with van der Waals surface area (Å²) in [4.78, 5) is 24.4. The van der Waals surface area contributed by atoms with Crippen molar-refractivity contribution in [3.05, 3.63) is 23.8 Å². The third-order valence-corrected chi connectivity index (χ3v) is 3.24. The molecule has 1 heterocycles. The van der Waals surface area contributed by atoms with Crippen LogP contribution in [0.4, 0.5) is 11.4 Å². The van der Waals surface area contributed by atoms with Crippen LogP contribution in [0.25, 0.3) is 0 Å². The van der Waals surface area contributed by atoms with Crippen LogP contribution in [0.1, 0.15) is 23.2 Å². The summed E-state index contributed by atoms with van der Waals surface area (Å²) >= 11 is 0. The summed E-state index contributed by atoms with van der Waals surface area (Å²) in [5.74, 6) is -0.958. The van der Waals surface area contributed by atoms with Crippen LogP contribution in [-0.2, 0) is 4.79 Å². The van der Waals surface area contributed by atoms with Gasteiger partial charge in [0, 0.05) is 6.54 Å². The van der Waals surface area contributed by atoms with Crippen LogP contribution in [0, 0.1) is 0 Å². The molecular weight excluding hydrogens is 232 g/mol. The Hall–Kier alpha value is -2.24. The molecule has 18 heavy (non-hydrogen) atoms. The molecule has 0 saturated carbocycles. The van der Waals surface area contributed by atoms with Gasteiger partial charge < -0.3 is 22.1 Å². The topological polar surface area (TPSA) is 115 Å².